The first kappa shape index (κ1) is 22.7. The van der Waals surface area contributed by atoms with Gasteiger partial charge in [-0.25, -0.2) is 9.69 Å². The van der Waals surface area contributed by atoms with E-state index in [1.165, 1.54) is 0 Å². The first-order valence-electron chi connectivity index (χ1n) is 9.10. The van der Waals surface area contributed by atoms with Gasteiger partial charge in [-0.3, -0.25) is 14.9 Å². The second-order valence-corrected chi connectivity index (χ2v) is 6.94. The lowest BCUT2D eigenvalue weighted by atomic mass is 10.0. The van der Waals surface area contributed by atoms with Gasteiger partial charge in [0.05, 0.1) is 13.0 Å². The number of hydrogen-bond acceptors (Lipinski definition) is 6. The Bertz CT molecular complexity index is 724. The minimum absolute atomic E-state index is 0.0604. The van der Waals surface area contributed by atoms with E-state index >= 15 is 0 Å². The summed E-state index contributed by atoms with van der Waals surface area (Å²) in [5.74, 6) is -2.41. The average molecular weight is 416 g/mol. The van der Waals surface area contributed by atoms with Gasteiger partial charge in [0.1, 0.15) is 25.3 Å². The fourth-order valence-corrected chi connectivity index (χ4v) is 2.74. The molecule has 1 fully saturated rings. The normalized spacial score (nSPS) is 16.5. The van der Waals surface area contributed by atoms with Crippen LogP contribution in [-0.2, 0) is 25.7 Å². The predicted octanol–water partition coefficient (Wildman–Crippen LogP) is 2.64. The molecule has 2 atom stereocenters. The molecule has 2 amide bonds. The quantitative estimate of drug-likeness (QED) is 0.656. The third kappa shape index (κ3) is 6.45. The van der Waals surface area contributed by atoms with E-state index in [0.29, 0.717) is 10.5 Å². The van der Waals surface area contributed by atoms with Gasteiger partial charge in [-0.2, -0.15) is 13.2 Å². The van der Waals surface area contributed by atoms with Gasteiger partial charge < -0.3 is 9.47 Å². The summed E-state index contributed by atoms with van der Waals surface area (Å²) in [6.45, 7) is 2.88. The van der Waals surface area contributed by atoms with Crippen LogP contribution in [0.25, 0.3) is 0 Å². The summed E-state index contributed by atoms with van der Waals surface area (Å²) in [5.41, 5.74) is 0.693. The second kappa shape index (κ2) is 9.73. The molecule has 0 saturated carbocycles. The van der Waals surface area contributed by atoms with E-state index in [0.717, 1.165) is 0 Å². The molecule has 0 bridgehead atoms. The summed E-state index contributed by atoms with van der Waals surface area (Å²) in [4.78, 5) is 36.5. The second-order valence-electron chi connectivity index (χ2n) is 6.94. The number of amides is 2. The van der Waals surface area contributed by atoms with E-state index in [4.69, 9.17) is 4.74 Å². The van der Waals surface area contributed by atoms with E-state index in [9.17, 15) is 27.6 Å². The number of benzene rings is 1. The van der Waals surface area contributed by atoms with E-state index in [2.05, 4.69) is 10.1 Å². The molecule has 1 aromatic carbocycles. The average Bonchev–Trinajstić information content (AvgIpc) is 3.08. The van der Waals surface area contributed by atoms with Crippen molar-refractivity contribution in [3.63, 3.8) is 0 Å². The van der Waals surface area contributed by atoms with Crippen molar-refractivity contribution in [2.75, 3.05) is 13.2 Å². The highest BCUT2D eigenvalue weighted by atomic mass is 19.4. The summed E-state index contributed by atoms with van der Waals surface area (Å²) < 4.78 is 50.2. The lowest BCUT2D eigenvalue weighted by Crippen LogP contribution is -2.54. The number of hydrogen-bond donors (Lipinski definition) is 1. The number of nitrogens with one attached hydrogen (secondary N) is 1. The Balaban J connectivity index is 2.05. The molecular formula is C19H23F3N2O5. The van der Waals surface area contributed by atoms with Crippen LogP contribution in [0.15, 0.2) is 30.3 Å². The smallest absolute Gasteiger partial charge is 0.416 e. The van der Waals surface area contributed by atoms with Crippen LogP contribution in [-0.4, -0.2) is 54.3 Å². The van der Waals surface area contributed by atoms with Crippen molar-refractivity contribution in [2.24, 2.45) is 5.92 Å². The molecular weight excluding hydrogens is 393 g/mol. The molecule has 1 aliphatic heterocycles. The number of nitrogens with zero attached hydrogens (tertiary/aromatic N) is 1. The predicted molar refractivity (Wildman–Crippen MR) is 95.5 cm³/mol. The van der Waals surface area contributed by atoms with Gasteiger partial charge in [0.2, 0.25) is 5.91 Å². The van der Waals surface area contributed by atoms with Crippen LogP contribution >= 0.6 is 0 Å². The maximum Gasteiger partial charge on any atom is 0.416 e. The summed E-state index contributed by atoms with van der Waals surface area (Å²) in [7, 11) is 0. The maximum absolute atomic E-state index is 13.5. The highest BCUT2D eigenvalue weighted by Crippen LogP contribution is 2.25. The van der Waals surface area contributed by atoms with Crippen molar-refractivity contribution in [3.05, 3.63) is 35.9 Å². The lowest BCUT2D eigenvalue weighted by Gasteiger charge is -2.28. The van der Waals surface area contributed by atoms with Crippen molar-refractivity contribution < 1.29 is 37.0 Å². The van der Waals surface area contributed by atoms with Crippen LogP contribution in [0.3, 0.4) is 0 Å². The van der Waals surface area contributed by atoms with E-state index < -0.39 is 48.6 Å². The molecule has 0 spiro atoms. The molecule has 29 heavy (non-hydrogen) atoms. The first-order valence-corrected chi connectivity index (χ1v) is 9.10. The molecule has 1 heterocycles. The zero-order valence-corrected chi connectivity index (χ0v) is 16.1. The van der Waals surface area contributed by atoms with Gasteiger partial charge in [-0.05, 0) is 11.5 Å². The minimum atomic E-state index is -4.81. The zero-order valence-electron chi connectivity index (χ0n) is 16.1. The van der Waals surface area contributed by atoms with Gasteiger partial charge in [0.15, 0.2) is 0 Å². The SMILES string of the molecule is CC(C)[C@H](N[C@@H](CC(=O)N1CCOC1=O)C(F)(F)F)C(=O)OCc1ccccc1. The van der Waals surface area contributed by atoms with Gasteiger partial charge >= 0.3 is 18.2 Å². The lowest BCUT2D eigenvalue weighted by molar-refractivity contribution is -0.170. The molecule has 0 radical (unpaired) electrons. The van der Waals surface area contributed by atoms with Crippen molar-refractivity contribution in [1.82, 2.24) is 10.2 Å². The summed E-state index contributed by atoms with van der Waals surface area (Å²) >= 11 is 0. The summed E-state index contributed by atoms with van der Waals surface area (Å²) in [5, 5.41) is 2.20. The van der Waals surface area contributed by atoms with E-state index in [-0.39, 0.29) is 19.8 Å². The Hall–Kier alpha value is -2.62. The Morgan fingerprint density at radius 3 is 2.41 bits per heavy atom. The highest BCUT2D eigenvalue weighted by Gasteiger charge is 2.45. The topological polar surface area (TPSA) is 84.9 Å². The zero-order chi connectivity index (χ0) is 21.6. The third-order valence-electron chi connectivity index (χ3n) is 4.36. The number of cyclic esters (lactones) is 1. The van der Waals surface area contributed by atoms with Gasteiger partial charge in [0.25, 0.3) is 0 Å². The monoisotopic (exact) mass is 416 g/mol. The van der Waals surface area contributed by atoms with Gasteiger partial charge in [0, 0.05) is 0 Å². The van der Waals surface area contributed by atoms with E-state index in [1.807, 2.05) is 0 Å². The number of halogens is 3. The van der Waals surface area contributed by atoms with Crippen LogP contribution in [0.2, 0.25) is 0 Å². The van der Waals surface area contributed by atoms with Crippen molar-refractivity contribution in [3.8, 4) is 0 Å². The van der Waals surface area contributed by atoms with Crippen molar-refractivity contribution in [1.29, 1.82) is 0 Å². The first-order chi connectivity index (χ1) is 13.6. The molecule has 0 unspecified atom stereocenters. The van der Waals surface area contributed by atoms with Gasteiger partial charge in [-0.15, -0.1) is 0 Å². The van der Waals surface area contributed by atoms with Crippen LogP contribution < -0.4 is 5.32 Å². The van der Waals surface area contributed by atoms with Gasteiger partial charge in [-0.1, -0.05) is 44.2 Å². The number of carbonyl (C=O) groups is 3. The summed E-state index contributed by atoms with van der Waals surface area (Å²) in [6.07, 6.45) is -6.82. The number of esters is 1. The number of carbonyl (C=O) groups excluding carboxylic acids is 3. The van der Waals surface area contributed by atoms with E-state index in [1.54, 1.807) is 44.2 Å². The largest absolute Gasteiger partial charge is 0.460 e. The number of ether oxygens (including phenoxy) is 2. The highest BCUT2D eigenvalue weighted by molar-refractivity contribution is 5.93. The Morgan fingerprint density at radius 2 is 1.90 bits per heavy atom. The van der Waals surface area contributed by atoms with Crippen LogP contribution in [0.5, 0.6) is 0 Å². The summed E-state index contributed by atoms with van der Waals surface area (Å²) in [6, 6.07) is 5.11. The fourth-order valence-electron chi connectivity index (χ4n) is 2.74. The molecule has 1 aliphatic rings. The standard InChI is InChI=1S/C19H23F3N2O5/c1-12(2)16(17(26)29-11-13-6-4-3-5-7-13)23-14(19(20,21)22)10-15(25)24-8-9-28-18(24)27/h3-7,12,14,16,23H,8-11H2,1-2H3/t14-,16-/m0/s1. The Labute approximate surface area is 166 Å². The minimum Gasteiger partial charge on any atom is -0.460 e. The maximum atomic E-state index is 13.5. The van der Waals surface area contributed by atoms with Crippen molar-refractivity contribution >= 4 is 18.0 Å². The van der Waals surface area contributed by atoms with Crippen LogP contribution in [0, 0.1) is 5.92 Å². The molecule has 1 aromatic rings. The Kier molecular flexibility index (Phi) is 7.60. The third-order valence-corrected chi connectivity index (χ3v) is 4.36. The van der Waals surface area contributed by atoms with Crippen LogP contribution in [0.1, 0.15) is 25.8 Å². The van der Waals surface area contributed by atoms with Crippen molar-refractivity contribution in [2.45, 2.75) is 45.1 Å². The number of alkyl halides is 3. The molecule has 10 heteroatoms. The molecule has 1 saturated heterocycles. The molecule has 1 N–H and O–H groups in total. The fraction of sp³-hybridized carbons (Fsp3) is 0.526. The molecule has 0 aliphatic carbocycles. The number of imide groups is 1. The molecule has 2 rings (SSSR count). The molecule has 7 nitrogen and oxygen atoms in total. The number of rotatable bonds is 8. The molecule has 160 valence electrons. The van der Waals surface area contributed by atoms with Crippen LogP contribution in [0.4, 0.5) is 18.0 Å². The Morgan fingerprint density at radius 1 is 1.24 bits per heavy atom. The molecule has 0 aromatic heterocycles.